The molecule has 1 aromatic heterocycles. The minimum Gasteiger partial charge on any atom is -0.322 e. The highest BCUT2D eigenvalue weighted by Gasteiger charge is 2.08. The van der Waals surface area contributed by atoms with Crippen molar-refractivity contribution in [3.05, 3.63) is 63.8 Å². The first-order chi connectivity index (χ1) is 8.58. The topological polar surface area (TPSA) is 60.9 Å². The third kappa shape index (κ3) is 2.65. The van der Waals surface area contributed by atoms with E-state index in [9.17, 15) is 4.79 Å². The molecular formula is C14H17N3O. The van der Waals surface area contributed by atoms with Gasteiger partial charge in [-0.25, -0.2) is 4.98 Å². The lowest BCUT2D eigenvalue weighted by Gasteiger charge is -2.14. The Morgan fingerprint density at radius 3 is 2.72 bits per heavy atom. The van der Waals surface area contributed by atoms with Gasteiger partial charge in [0.05, 0.1) is 6.33 Å². The van der Waals surface area contributed by atoms with E-state index in [0.717, 1.165) is 5.56 Å². The van der Waals surface area contributed by atoms with E-state index in [1.54, 1.807) is 0 Å². The lowest BCUT2D eigenvalue weighted by atomic mass is 10.0. The minimum atomic E-state index is -0.203. The second kappa shape index (κ2) is 5.14. The first-order valence-electron chi connectivity index (χ1n) is 5.91. The van der Waals surface area contributed by atoms with E-state index >= 15 is 0 Å². The van der Waals surface area contributed by atoms with Gasteiger partial charge < -0.3 is 5.73 Å². The van der Waals surface area contributed by atoms with E-state index in [0.29, 0.717) is 6.54 Å². The number of nitrogens with two attached hydrogens (primary N) is 1. The molecule has 2 aromatic rings. The molecule has 0 spiro atoms. The molecule has 0 amide bonds. The maximum atomic E-state index is 11.6. The summed E-state index contributed by atoms with van der Waals surface area (Å²) >= 11 is 0. The summed E-state index contributed by atoms with van der Waals surface area (Å²) < 4.78 is 1.53. The molecule has 0 aliphatic carbocycles. The SMILES string of the molecule is Cc1ccc(C(N)Cn2cnccc2=O)cc1C. The third-order valence-corrected chi connectivity index (χ3v) is 3.14. The summed E-state index contributed by atoms with van der Waals surface area (Å²) in [6, 6.07) is 7.37. The van der Waals surface area contributed by atoms with Gasteiger partial charge in [-0.3, -0.25) is 9.36 Å². The van der Waals surface area contributed by atoms with Crippen molar-refractivity contribution in [2.75, 3.05) is 0 Å². The molecule has 18 heavy (non-hydrogen) atoms. The first kappa shape index (κ1) is 12.5. The van der Waals surface area contributed by atoms with E-state index < -0.39 is 0 Å². The van der Waals surface area contributed by atoms with Gasteiger partial charge in [-0.1, -0.05) is 18.2 Å². The van der Waals surface area contributed by atoms with Crippen LogP contribution in [0.25, 0.3) is 0 Å². The fourth-order valence-electron chi connectivity index (χ4n) is 1.83. The molecule has 0 aliphatic heterocycles. The Morgan fingerprint density at radius 2 is 2.06 bits per heavy atom. The molecule has 1 aromatic carbocycles. The predicted octanol–water partition coefficient (Wildman–Crippen LogP) is 1.56. The van der Waals surface area contributed by atoms with Crippen LogP contribution in [0.2, 0.25) is 0 Å². The average Bonchev–Trinajstić information content (AvgIpc) is 2.35. The van der Waals surface area contributed by atoms with Crippen molar-refractivity contribution >= 4 is 0 Å². The Balaban J connectivity index is 2.22. The summed E-state index contributed by atoms with van der Waals surface area (Å²) in [6.45, 7) is 4.56. The van der Waals surface area contributed by atoms with Crippen LogP contribution in [0.4, 0.5) is 0 Å². The molecule has 0 saturated heterocycles. The Labute approximate surface area is 106 Å². The van der Waals surface area contributed by atoms with Crippen molar-refractivity contribution in [2.24, 2.45) is 5.73 Å². The van der Waals surface area contributed by atoms with Crippen LogP contribution in [0, 0.1) is 13.8 Å². The number of benzene rings is 1. The van der Waals surface area contributed by atoms with E-state index in [2.05, 4.69) is 31.0 Å². The number of aryl methyl sites for hydroxylation is 2. The number of aromatic nitrogens is 2. The molecule has 0 bridgehead atoms. The smallest absolute Gasteiger partial charge is 0.253 e. The quantitative estimate of drug-likeness (QED) is 0.890. The van der Waals surface area contributed by atoms with E-state index in [1.165, 1.54) is 34.3 Å². The molecule has 0 saturated carbocycles. The summed E-state index contributed by atoms with van der Waals surface area (Å²) in [5, 5.41) is 0. The van der Waals surface area contributed by atoms with Gasteiger partial charge in [0.2, 0.25) is 0 Å². The highest BCUT2D eigenvalue weighted by molar-refractivity contribution is 5.31. The average molecular weight is 243 g/mol. The number of hydrogen-bond acceptors (Lipinski definition) is 3. The lowest BCUT2D eigenvalue weighted by Crippen LogP contribution is -2.26. The van der Waals surface area contributed by atoms with Crippen molar-refractivity contribution in [1.82, 2.24) is 9.55 Å². The predicted molar refractivity (Wildman–Crippen MR) is 71.3 cm³/mol. The second-order valence-electron chi connectivity index (χ2n) is 4.52. The summed E-state index contributed by atoms with van der Waals surface area (Å²) in [6.07, 6.45) is 3.00. The van der Waals surface area contributed by atoms with Crippen molar-refractivity contribution in [3.8, 4) is 0 Å². The molecule has 0 radical (unpaired) electrons. The Morgan fingerprint density at radius 1 is 1.28 bits per heavy atom. The van der Waals surface area contributed by atoms with Gasteiger partial charge >= 0.3 is 0 Å². The molecule has 1 unspecified atom stereocenters. The van der Waals surface area contributed by atoms with E-state index in [1.807, 2.05) is 6.07 Å². The Bertz CT molecular complexity index is 604. The van der Waals surface area contributed by atoms with E-state index in [-0.39, 0.29) is 11.6 Å². The summed E-state index contributed by atoms with van der Waals surface area (Å²) in [4.78, 5) is 15.5. The standard InChI is InChI=1S/C14H17N3O/c1-10-3-4-12(7-11(10)2)13(15)8-17-9-16-6-5-14(17)18/h3-7,9,13H,8,15H2,1-2H3. The molecule has 4 nitrogen and oxygen atoms in total. The normalized spacial score (nSPS) is 12.4. The Hall–Kier alpha value is -1.94. The molecule has 1 heterocycles. The van der Waals surface area contributed by atoms with Gasteiger partial charge in [0, 0.05) is 24.8 Å². The molecular weight excluding hydrogens is 226 g/mol. The van der Waals surface area contributed by atoms with Crippen LogP contribution in [0.15, 0.2) is 41.6 Å². The zero-order chi connectivity index (χ0) is 13.1. The largest absolute Gasteiger partial charge is 0.322 e. The van der Waals surface area contributed by atoms with Gasteiger partial charge in [0.1, 0.15) is 0 Å². The summed E-state index contributed by atoms with van der Waals surface area (Å²) in [5.41, 5.74) is 9.53. The zero-order valence-electron chi connectivity index (χ0n) is 10.6. The van der Waals surface area contributed by atoms with Gasteiger partial charge in [0.25, 0.3) is 5.56 Å². The maximum absolute atomic E-state index is 11.6. The summed E-state index contributed by atoms with van der Waals surface area (Å²) in [5.74, 6) is 0. The number of rotatable bonds is 3. The first-order valence-corrected chi connectivity index (χ1v) is 5.91. The fraction of sp³-hybridized carbons (Fsp3) is 0.286. The van der Waals surface area contributed by atoms with Crippen LogP contribution in [0.1, 0.15) is 22.7 Å². The highest BCUT2D eigenvalue weighted by atomic mass is 16.1. The van der Waals surface area contributed by atoms with Crippen LogP contribution in [-0.4, -0.2) is 9.55 Å². The molecule has 1 atom stereocenters. The molecule has 2 rings (SSSR count). The molecule has 94 valence electrons. The van der Waals surface area contributed by atoms with Crippen LogP contribution in [0.5, 0.6) is 0 Å². The van der Waals surface area contributed by atoms with Crippen LogP contribution in [-0.2, 0) is 6.54 Å². The van der Waals surface area contributed by atoms with Gasteiger partial charge in [-0.2, -0.15) is 0 Å². The molecule has 4 heteroatoms. The molecule has 2 N–H and O–H groups in total. The lowest BCUT2D eigenvalue weighted by molar-refractivity contribution is 0.554. The maximum Gasteiger partial charge on any atom is 0.253 e. The van der Waals surface area contributed by atoms with Crippen molar-refractivity contribution in [1.29, 1.82) is 0 Å². The fourth-order valence-corrected chi connectivity index (χ4v) is 1.83. The summed E-state index contributed by atoms with van der Waals surface area (Å²) in [7, 11) is 0. The van der Waals surface area contributed by atoms with Crippen molar-refractivity contribution in [3.63, 3.8) is 0 Å². The van der Waals surface area contributed by atoms with Gasteiger partial charge in [-0.05, 0) is 30.5 Å². The Kier molecular flexibility index (Phi) is 3.58. The second-order valence-corrected chi connectivity index (χ2v) is 4.52. The van der Waals surface area contributed by atoms with Crippen molar-refractivity contribution in [2.45, 2.75) is 26.4 Å². The van der Waals surface area contributed by atoms with Crippen molar-refractivity contribution < 1.29 is 0 Å². The van der Waals surface area contributed by atoms with E-state index in [4.69, 9.17) is 5.73 Å². The zero-order valence-corrected chi connectivity index (χ0v) is 10.6. The third-order valence-electron chi connectivity index (χ3n) is 3.14. The van der Waals surface area contributed by atoms with Gasteiger partial charge in [0.15, 0.2) is 0 Å². The number of nitrogens with zero attached hydrogens (tertiary/aromatic N) is 2. The van der Waals surface area contributed by atoms with Gasteiger partial charge in [-0.15, -0.1) is 0 Å². The monoisotopic (exact) mass is 243 g/mol. The molecule has 0 aliphatic rings. The molecule has 0 fully saturated rings. The highest BCUT2D eigenvalue weighted by Crippen LogP contribution is 2.16. The van der Waals surface area contributed by atoms with Crippen LogP contribution in [0.3, 0.4) is 0 Å². The number of hydrogen-bond donors (Lipinski definition) is 1. The van der Waals surface area contributed by atoms with Crippen LogP contribution < -0.4 is 11.3 Å². The van der Waals surface area contributed by atoms with Crippen LogP contribution >= 0.6 is 0 Å². The minimum absolute atomic E-state index is 0.0794.